The molecule has 0 aliphatic carbocycles. The van der Waals surface area contributed by atoms with Gasteiger partial charge in [0.2, 0.25) is 0 Å². The molecule has 0 bridgehead atoms. The van der Waals surface area contributed by atoms with E-state index in [1.54, 1.807) is 11.3 Å². The minimum absolute atomic E-state index is 1.11. The molecule has 0 aliphatic heterocycles. The zero-order valence-electron chi connectivity index (χ0n) is 6.25. The van der Waals surface area contributed by atoms with Gasteiger partial charge in [0.15, 0.2) is 0 Å². The Morgan fingerprint density at radius 2 is 1.92 bits per heavy atom. The molecule has 0 saturated heterocycles. The number of hydrogen-bond donors (Lipinski definition) is 0. The summed E-state index contributed by atoms with van der Waals surface area (Å²) in [4.78, 5) is 1.20. The Balaban J connectivity index is 2.43. The van der Waals surface area contributed by atoms with E-state index in [1.807, 2.05) is 23.6 Å². The monoisotopic (exact) mass is 237 g/mol. The van der Waals surface area contributed by atoms with Crippen LogP contribution in [0.1, 0.15) is 0 Å². The normalized spacial score (nSPS) is 10.1. The molecule has 0 unspecified atom stereocenters. The Bertz CT molecular complexity index is 348. The summed E-state index contributed by atoms with van der Waals surface area (Å²) in [5.41, 5.74) is 1.23. The van der Waals surface area contributed by atoms with Gasteiger partial charge in [-0.3, -0.25) is 0 Å². The van der Waals surface area contributed by atoms with Crippen LogP contribution in [0.2, 0.25) is 0 Å². The summed E-state index contributed by atoms with van der Waals surface area (Å²) in [5, 5.41) is 2.04. The van der Waals surface area contributed by atoms with Crippen LogP contribution in [0.4, 0.5) is 0 Å². The van der Waals surface area contributed by atoms with Gasteiger partial charge in [0.1, 0.15) is 0 Å². The summed E-state index contributed by atoms with van der Waals surface area (Å²) in [5.74, 6) is 0. The van der Waals surface area contributed by atoms with Crippen molar-refractivity contribution in [3.63, 3.8) is 0 Å². The van der Waals surface area contributed by atoms with E-state index in [9.17, 15) is 0 Å². The van der Waals surface area contributed by atoms with Crippen molar-refractivity contribution in [2.75, 3.05) is 0 Å². The Morgan fingerprint density at radius 3 is 2.50 bits per heavy atom. The van der Waals surface area contributed by atoms with Crippen LogP contribution in [-0.4, -0.2) is 0 Å². The van der Waals surface area contributed by atoms with Crippen LogP contribution in [0, 0.1) is 6.07 Å². The van der Waals surface area contributed by atoms with Crippen molar-refractivity contribution in [2.24, 2.45) is 0 Å². The lowest BCUT2D eigenvalue weighted by atomic mass is 10.2. The van der Waals surface area contributed by atoms with Gasteiger partial charge in [-0.25, -0.2) is 0 Å². The van der Waals surface area contributed by atoms with E-state index in [0.29, 0.717) is 0 Å². The molecule has 0 amide bonds. The van der Waals surface area contributed by atoms with E-state index in [1.165, 1.54) is 10.4 Å². The van der Waals surface area contributed by atoms with Crippen LogP contribution >= 0.6 is 27.3 Å². The maximum atomic E-state index is 3.40. The quantitative estimate of drug-likeness (QED) is 0.704. The van der Waals surface area contributed by atoms with Crippen molar-refractivity contribution in [3.05, 3.63) is 46.3 Å². The highest BCUT2D eigenvalue weighted by Crippen LogP contribution is 2.25. The third kappa shape index (κ3) is 1.59. The van der Waals surface area contributed by atoms with E-state index in [2.05, 4.69) is 34.1 Å². The summed E-state index contributed by atoms with van der Waals surface area (Å²) in [6.07, 6.45) is 0. The summed E-state index contributed by atoms with van der Waals surface area (Å²) in [6, 6.07) is 13.4. The molecular weight excluding hydrogens is 232 g/mol. The first-order chi connectivity index (χ1) is 5.86. The molecular formula is C10H6BrS. The third-order valence-electron chi connectivity index (χ3n) is 1.57. The number of thiophene rings is 1. The fourth-order valence-corrected chi connectivity index (χ4v) is 1.94. The maximum absolute atomic E-state index is 3.40. The third-order valence-corrected chi connectivity index (χ3v) is 2.96. The van der Waals surface area contributed by atoms with Crippen molar-refractivity contribution >= 4 is 27.3 Å². The van der Waals surface area contributed by atoms with Gasteiger partial charge in [0.05, 0.1) is 0 Å². The molecule has 0 N–H and O–H groups in total. The van der Waals surface area contributed by atoms with Gasteiger partial charge in [-0.05, 0) is 29.1 Å². The second-order valence-electron chi connectivity index (χ2n) is 2.40. The predicted octanol–water partition coefficient (Wildman–Crippen LogP) is 3.98. The lowest BCUT2D eigenvalue weighted by molar-refractivity contribution is 1.64. The lowest BCUT2D eigenvalue weighted by Crippen LogP contribution is -1.70. The first kappa shape index (κ1) is 8.02. The second-order valence-corrected chi connectivity index (χ2v) is 4.23. The van der Waals surface area contributed by atoms with Crippen LogP contribution < -0.4 is 0 Å². The topological polar surface area (TPSA) is 0 Å². The molecule has 0 atom stereocenters. The molecule has 2 heteroatoms. The molecule has 12 heavy (non-hydrogen) atoms. The summed E-state index contributed by atoms with van der Waals surface area (Å²) in [6.45, 7) is 0. The van der Waals surface area contributed by atoms with Crippen LogP contribution in [0.15, 0.2) is 40.2 Å². The van der Waals surface area contributed by atoms with Crippen LogP contribution in [0.5, 0.6) is 0 Å². The molecule has 2 aromatic rings. The number of benzene rings is 1. The van der Waals surface area contributed by atoms with Crippen LogP contribution in [-0.2, 0) is 0 Å². The number of hydrogen-bond acceptors (Lipinski definition) is 1. The Labute approximate surface area is 84.0 Å². The lowest BCUT2D eigenvalue weighted by Gasteiger charge is -1.95. The summed E-state index contributed by atoms with van der Waals surface area (Å²) >= 11 is 5.11. The van der Waals surface area contributed by atoms with Crippen LogP contribution in [0.3, 0.4) is 0 Å². The summed E-state index contributed by atoms with van der Waals surface area (Å²) < 4.78 is 1.11. The zero-order valence-corrected chi connectivity index (χ0v) is 8.65. The SMILES string of the molecule is Brc1ccc(-c2[c]ccs2)cc1. The first-order valence-corrected chi connectivity index (χ1v) is 5.24. The summed E-state index contributed by atoms with van der Waals surface area (Å²) in [7, 11) is 0. The molecule has 0 saturated carbocycles. The van der Waals surface area contributed by atoms with Gasteiger partial charge in [-0.1, -0.05) is 28.1 Å². The number of halogens is 1. The highest BCUT2D eigenvalue weighted by Gasteiger charge is 1.96. The highest BCUT2D eigenvalue weighted by atomic mass is 79.9. The van der Waals surface area contributed by atoms with E-state index < -0.39 is 0 Å². The van der Waals surface area contributed by atoms with Gasteiger partial charge < -0.3 is 0 Å². The minimum atomic E-state index is 1.11. The molecule has 0 aliphatic rings. The fourth-order valence-electron chi connectivity index (χ4n) is 0.998. The average Bonchev–Trinajstić information content (AvgIpc) is 2.58. The van der Waals surface area contributed by atoms with Crippen molar-refractivity contribution in [2.45, 2.75) is 0 Å². The predicted molar refractivity (Wildman–Crippen MR) is 56.3 cm³/mol. The number of rotatable bonds is 1. The van der Waals surface area contributed by atoms with Gasteiger partial charge >= 0.3 is 0 Å². The molecule has 1 aromatic carbocycles. The maximum Gasteiger partial charge on any atom is 0.0421 e. The Hall–Kier alpha value is -0.600. The van der Waals surface area contributed by atoms with E-state index >= 15 is 0 Å². The van der Waals surface area contributed by atoms with Crippen molar-refractivity contribution in [1.82, 2.24) is 0 Å². The van der Waals surface area contributed by atoms with Gasteiger partial charge in [0, 0.05) is 15.4 Å². The molecule has 0 fully saturated rings. The van der Waals surface area contributed by atoms with Crippen molar-refractivity contribution in [1.29, 1.82) is 0 Å². The molecule has 1 aromatic heterocycles. The van der Waals surface area contributed by atoms with E-state index in [-0.39, 0.29) is 0 Å². The van der Waals surface area contributed by atoms with E-state index in [4.69, 9.17) is 0 Å². The second kappa shape index (κ2) is 3.42. The molecule has 2 rings (SSSR count). The highest BCUT2D eigenvalue weighted by molar-refractivity contribution is 9.10. The smallest absolute Gasteiger partial charge is 0.0421 e. The van der Waals surface area contributed by atoms with E-state index in [0.717, 1.165) is 4.47 Å². The largest absolute Gasteiger partial charge is 0.143 e. The van der Waals surface area contributed by atoms with Crippen molar-refractivity contribution < 1.29 is 0 Å². The van der Waals surface area contributed by atoms with Gasteiger partial charge in [-0.15, -0.1) is 11.3 Å². The molecule has 59 valence electrons. The van der Waals surface area contributed by atoms with Gasteiger partial charge in [0.25, 0.3) is 0 Å². The molecule has 1 heterocycles. The Kier molecular flexibility index (Phi) is 2.28. The minimum Gasteiger partial charge on any atom is -0.143 e. The molecule has 1 radical (unpaired) electrons. The Morgan fingerprint density at radius 1 is 1.17 bits per heavy atom. The first-order valence-electron chi connectivity index (χ1n) is 3.57. The van der Waals surface area contributed by atoms with Gasteiger partial charge in [-0.2, -0.15) is 0 Å². The molecule has 0 nitrogen and oxygen atoms in total. The fraction of sp³-hybridized carbons (Fsp3) is 0. The standard InChI is InChI=1S/C10H6BrS/c11-9-5-3-8(4-6-9)10-2-1-7-12-10/h1,3-7H. The van der Waals surface area contributed by atoms with Crippen molar-refractivity contribution in [3.8, 4) is 10.4 Å². The van der Waals surface area contributed by atoms with Crippen LogP contribution in [0.25, 0.3) is 10.4 Å². The molecule has 0 spiro atoms. The average molecular weight is 238 g/mol. The zero-order chi connectivity index (χ0) is 8.39.